The number of nitrogens with one attached hydrogen (secondary N) is 1. The van der Waals surface area contributed by atoms with Crippen LogP contribution in [0.5, 0.6) is 5.75 Å². The van der Waals surface area contributed by atoms with Crippen molar-refractivity contribution in [3.8, 4) is 5.75 Å². The fourth-order valence-corrected chi connectivity index (χ4v) is 1.72. The van der Waals surface area contributed by atoms with Gasteiger partial charge in [0.05, 0.1) is 24.2 Å². The second kappa shape index (κ2) is 5.22. The van der Waals surface area contributed by atoms with Gasteiger partial charge in [0.1, 0.15) is 21.4 Å². The summed E-state index contributed by atoms with van der Waals surface area (Å²) >= 11 is 0. The van der Waals surface area contributed by atoms with Crippen LogP contribution in [0.4, 0.5) is 15.8 Å². The third-order valence-corrected chi connectivity index (χ3v) is 3.05. The van der Waals surface area contributed by atoms with Crippen LogP contribution in [0.2, 0.25) is 0 Å². The van der Waals surface area contributed by atoms with Gasteiger partial charge in [-0.1, -0.05) is 0 Å². The van der Waals surface area contributed by atoms with Gasteiger partial charge in [0.15, 0.2) is 0 Å². The molecule has 5 nitrogen and oxygen atoms in total. The first-order valence-electron chi connectivity index (χ1n) is 4.88. The Labute approximate surface area is 99.7 Å². The number of hydrogen-bond acceptors (Lipinski definition) is 5. The van der Waals surface area contributed by atoms with Gasteiger partial charge in [-0.25, -0.2) is 12.8 Å². The molecule has 1 rings (SSSR count). The molecule has 0 amide bonds. The molecule has 1 aromatic rings. The molecule has 0 radical (unpaired) electrons. The van der Waals surface area contributed by atoms with Crippen molar-refractivity contribution in [2.24, 2.45) is 0 Å². The Hall–Kier alpha value is -1.50. The van der Waals surface area contributed by atoms with Crippen LogP contribution in [-0.2, 0) is 9.84 Å². The molecule has 0 aliphatic heterocycles. The molecule has 0 atom stereocenters. The van der Waals surface area contributed by atoms with Crippen LogP contribution in [-0.4, -0.2) is 34.1 Å². The summed E-state index contributed by atoms with van der Waals surface area (Å²) in [6.45, 7) is 0.128. The van der Waals surface area contributed by atoms with Crippen molar-refractivity contribution in [1.29, 1.82) is 0 Å². The Morgan fingerprint density at radius 1 is 1.47 bits per heavy atom. The Morgan fingerprint density at radius 3 is 2.65 bits per heavy atom. The monoisotopic (exact) mass is 262 g/mol. The Balaban J connectivity index is 2.77. The predicted octanol–water partition coefficient (Wildman–Crippen LogP) is 0.873. The minimum Gasteiger partial charge on any atom is -0.495 e. The molecule has 0 saturated heterocycles. The lowest BCUT2D eigenvalue weighted by atomic mass is 10.2. The van der Waals surface area contributed by atoms with Crippen molar-refractivity contribution < 1.29 is 17.5 Å². The highest BCUT2D eigenvalue weighted by Gasteiger charge is 2.09. The fourth-order valence-electron chi connectivity index (χ4n) is 1.25. The van der Waals surface area contributed by atoms with Crippen LogP contribution in [0.1, 0.15) is 0 Å². The summed E-state index contributed by atoms with van der Waals surface area (Å²) in [7, 11) is -1.65. The van der Waals surface area contributed by atoms with Crippen LogP contribution >= 0.6 is 0 Å². The summed E-state index contributed by atoms with van der Waals surface area (Å²) in [5.41, 5.74) is 5.87. The van der Waals surface area contributed by atoms with E-state index in [-0.39, 0.29) is 23.7 Å². The van der Waals surface area contributed by atoms with Gasteiger partial charge in [-0.3, -0.25) is 0 Å². The van der Waals surface area contributed by atoms with Gasteiger partial charge < -0.3 is 15.8 Å². The largest absolute Gasteiger partial charge is 0.495 e. The lowest BCUT2D eigenvalue weighted by Crippen LogP contribution is -2.15. The van der Waals surface area contributed by atoms with Gasteiger partial charge in [-0.15, -0.1) is 0 Å². The van der Waals surface area contributed by atoms with E-state index in [1.54, 1.807) is 0 Å². The maximum absolute atomic E-state index is 13.4. The molecule has 17 heavy (non-hydrogen) atoms. The van der Waals surface area contributed by atoms with E-state index in [9.17, 15) is 12.8 Å². The minimum atomic E-state index is -3.07. The third kappa shape index (κ3) is 4.10. The van der Waals surface area contributed by atoms with Gasteiger partial charge in [0, 0.05) is 24.9 Å². The summed E-state index contributed by atoms with van der Waals surface area (Å²) in [6.07, 6.45) is 1.12. The molecule has 3 N–H and O–H groups in total. The first kappa shape index (κ1) is 13.6. The van der Waals surface area contributed by atoms with Crippen molar-refractivity contribution in [3.63, 3.8) is 0 Å². The highest BCUT2D eigenvalue weighted by atomic mass is 32.2. The van der Waals surface area contributed by atoms with Crippen molar-refractivity contribution >= 4 is 21.2 Å². The summed E-state index contributed by atoms with van der Waals surface area (Å²) in [5.74, 6) is -0.274. The van der Waals surface area contributed by atoms with E-state index in [0.29, 0.717) is 5.75 Å². The van der Waals surface area contributed by atoms with E-state index in [4.69, 9.17) is 10.5 Å². The third-order valence-electron chi connectivity index (χ3n) is 2.11. The van der Waals surface area contributed by atoms with Gasteiger partial charge in [0.25, 0.3) is 0 Å². The van der Waals surface area contributed by atoms with Crippen molar-refractivity contribution in [1.82, 2.24) is 0 Å². The molecule has 7 heteroatoms. The number of rotatable bonds is 5. The molecule has 0 aromatic heterocycles. The van der Waals surface area contributed by atoms with E-state index in [1.807, 2.05) is 0 Å². The van der Waals surface area contributed by atoms with E-state index in [2.05, 4.69) is 5.32 Å². The van der Waals surface area contributed by atoms with Crippen LogP contribution < -0.4 is 15.8 Å². The molecule has 0 aliphatic carbocycles. The van der Waals surface area contributed by atoms with E-state index in [0.717, 1.165) is 12.3 Å². The second-order valence-electron chi connectivity index (χ2n) is 3.63. The van der Waals surface area contributed by atoms with E-state index in [1.165, 1.54) is 13.2 Å². The zero-order chi connectivity index (χ0) is 13.1. The lowest BCUT2D eigenvalue weighted by molar-refractivity contribution is 0.416. The Bertz CT molecular complexity index is 503. The molecule has 0 fully saturated rings. The van der Waals surface area contributed by atoms with E-state index < -0.39 is 15.7 Å². The fraction of sp³-hybridized carbons (Fsp3) is 0.400. The average Bonchev–Trinajstić information content (AvgIpc) is 2.19. The van der Waals surface area contributed by atoms with Crippen molar-refractivity contribution in [3.05, 3.63) is 17.9 Å². The maximum atomic E-state index is 13.4. The number of benzene rings is 1. The molecule has 0 heterocycles. The number of halogens is 1. The molecule has 0 saturated carbocycles. The highest BCUT2D eigenvalue weighted by molar-refractivity contribution is 7.90. The Kier molecular flexibility index (Phi) is 4.17. The first-order chi connectivity index (χ1) is 7.83. The second-order valence-corrected chi connectivity index (χ2v) is 5.89. The quantitative estimate of drug-likeness (QED) is 0.770. The SMILES string of the molecule is COc1cc(NCCS(C)(=O)=O)c(F)cc1N. The number of methoxy groups -OCH3 is 1. The van der Waals surface area contributed by atoms with Gasteiger partial charge in [-0.05, 0) is 0 Å². The molecule has 1 aromatic carbocycles. The first-order valence-corrected chi connectivity index (χ1v) is 6.94. The van der Waals surface area contributed by atoms with E-state index >= 15 is 0 Å². The van der Waals surface area contributed by atoms with Gasteiger partial charge >= 0.3 is 0 Å². The van der Waals surface area contributed by atoms with Crippen molar-refractivity contribution in [2.45, 2.75) is 0 Å². The molecule has 0 bridgehead atoms. The van der Waals surface area contributed by atoms with Crippen LogP contribution in [0.25, 0.3) is 0 Å². The van der Waals surface area contributed by atoms with Crippen LogP contribution in [0, 0.1) is 5.82 Å². The average molecular weight is 262 g/mol. The number of hydrogen-bond donors (Lipinski definition) is 2. The maximum Gasteiger partial charge on any atom is 0.149 e. The summed E-state index contributed by atoms with van der Waals surface area (Å²) in [6, 6.07) is 2.52. The smallest absolute Gasteiger partial charge is 0.149 e. The summed E-state index contributed by atoms with van der Waals surface area (Å²) in [5, 5.41) is 2.68. The standard InChI is InChI=1S/C10H15FN2O3S/c1-16-10-6-9(7(11)5-8(10)12)13-3-4-17(2,14)15/h5-6,13H,3-4,12H2,1-2H3. The van der Waals surface area contributed by atoms with Crippen LogP contribution in [0.3, 0.4) is 0 Å². The number of nitrogens with two attached hydrogens (primary N) is 1. The number of nitrogen functional groups attached to an aromatic ring is 1. The Morgan fingerprint density at radius 2 is 2.12 bits per heavy atom. The summed E-state index contributed by atoms with van der Waals surface area (Å²) < 4.78 is 40.2. The normalized spacial score (nSPS) is 11.2. The molecular formula is C10H15FN2O3S. The molecule has 0 aliphatic rings. The molecule has 0 spiro atoms. The van der Waals surface area contributed by atoms with Crippen molar-refractivity contribution in [2.75, 3.05) is 36.7 Å². The van der Waals surface area contributed by atoms with Gasteiger partial charge in [-0.2, -0.15) is 0 Å². The topological polar surface area (TPSA) is 81.4 Å². The predicted molar refractivity (Wildman–Crippen MR) is 65.6 cm³/mol. The number of sulfone groups is 1. The lowest BCUT2D eigenvalue weighted by Gasteiger charge is -2.10. The highest BCUT2D eigenvalue weighted by Crippen LogP contribution is 2.27. The molecular weight excluding hydrogens is 247 g/mol. The molecule has 0 unspecified atom stereocenters. The zero-order valence-electron chi connectivity index (χ0n) is 9.66. The summed E-state index contributed by atoms with van der Waals surface area (Å²) in [4.78, 5) is 0. The minimum absolute atomic E-state index is 0.0703. The van der Waals surface area contributed by atoms with Gasteiger partial charge in [0.2, 0.25) is 0 Å². The molecule has 96 valence electrons. The van der Waals surface area contributed by atoms with Crippen LogP contribution in [0.15, 0.2) is 12.1 Å². The number of ether oxygens (including phenoxy) is 1. The zero-order valence-corrected chi connectivity index (χ0v) is 10.5. The number of anilines is 2.